The van der Waals surface area contributed by atoms with E-state index in [1.54, 1.807) is 17.0 Å². The maximum Gasteiger partial charge on any atom is 0.239 e. The molecule has 0 spiro atoms. The third-order valence-corrected chi connectivity index (χ3v) is 5.38. The van der Waals surface area contributed by atoms with Crippen molar-refractivity contribution < 1.29 is 18.7 Å². The number of hydrogen-bond acceptors (Lipinski definition) is 4. The topological polar surface area (TPSA) is 71.5 Å². The Kier molecular flexibility index (Phi) is 5.76. The number of hydrogen-bond donors (Lipinski definition) is 1. The minimum absolute atomic E-state index is 0.233. The molecule has 152 valence electrons. The molecule has 2 heterocycles. The van der Waals surface area contributed by atoms with E-state index in [-0.39, 0.29) is 17.6 Å². The van der Waals surface area contributed by atoms with E-state index in [0.717, 1.165) is 10.2 Å². The van der Waals surface area contributed by atoms with Crippen LogP contribution in [0.2, 0.25) is 0 Å². The second kappa shape index (κ2) is 8.62. The van der Waals surface area contributed by atoms with Crippen LogP contribution in [0.25, 0.3) is 0 Å². The van der Waals surface area contributed by atoms with Gasteiger partial charge in [0.2, 0.25) is 17.7 Å². The molecular weight excluding hydrogens is 453 g/mol. The molecule has 1 unspecified atom stereocenters. The van der Waals surface area contributed by atoms with E-state index in [1.807, 2.05) is 24.3 Å². The summed E-state index contributed by atoms with van der Waals surface area (Å²) in [5, 5.41) is 2.73. The minimum atomic E-state index is -0.757. The van der Waals surface area contributed by atoms with Crippen molar-refractivity contribution in [1.29, 1.82) is 0 Å². The van der Waals surface area contributed by atoms with E-state index in [4.69, 9.17) is 4.74 Å². The zero-order valence-corrected chi connectivity index (χ0v) is 17.3. The highest BCUT2D eigenvalue weighted by molar-refractivity contribution is 9.10. The smallest absolute Gasteiger partial charge is 0.239 e. The first-order chi connectivity index (χ1) is 14.5. The Bertz CT molecular complexity index is 1070. The molecule has 0 saturated carbocycles. The van der Waals surface area contributed by atoms with Gasteiger partial charge in [0.1, 0.15) is 17.5 Å². The molecule has 1 atom stereocenters. The van der Waals surface area contributed by atoms with Gasteiger partial charge in [-0.1, -0.05) is 12.1 Å². The van der Waals surface area contributed by atoms with Crippen molar-refractivity contribution >= 4 is 39.1 Å². The second-order valence-corrected chi connectivity index (χ2v) is 7.57. The summed E-state index contributed by atoms with van der Waals surface area (Å²) in [4.78, 5) is 31.1. The molecule has 1 aliphatic rings. The first-order valence-corrected chi connectivity index (χ1v) is 10.1. The molecule has 1 N–H and O–H groups in total. The summed E-state index contributed by atoms with van der Waals surface area (Å²) in [6.07, 6.45) is 1.88. The predicted octanol–water partition coefficient (Wildman–Crippen LogP) is 4.77. The summed E-state index contributed by atoms with van der Waals surface area (Å²) in [5.74, 6) is -0.964. The average Bonchev–Trinajstić information content (AvgIpc) is 3.13. The molecule has 8 heteroatoms. The Hall–Kier alpha value is -3.26. The molecule has 1 aromatic heterocycles. The fourth-order valence-corrected chi connectivity index (χ4v) is 3.70. The number of para-hydroxylation sites is 1. The number of aromatic nitrogens is 1. The number of nitrogens with zero attached hydrogens (tertiary/aromatic N) is 2. The first kappa shape index (κ1) is 20.0. The van der Waals surface area contributed by atoms with Gasteiger partial charge in [0.15, 0.2) is 0 Å². The summed E-state index contributed by atoms with van der Waals surface area (Å²) in [7, 11) is 0. The molecule has 2 amide bonds. The van der Waals surface area contributed by atoms with E-state index in [0.29, 0.717) is 30.3 Å². The third-order valence-electron chi connectivity index (χ3n) is 4.71. The van der Waals surface area contributed by atoms with Crippen molar-refractivity contribution in [2.75, 3.05) is 16.8 Å². The largest absolute Gasteiger partial charge is 0.439 e. The zero-order valence-electron chi connectivity index (χ0n) is 15.7. The minimum Gasteiger partial charge on any atom is -0.439 e. The zero-order chi connectivity index (χ0) is 21.1. The SMILES string of the molecule is O=C(Nc1ccc(Oc2ccc(F)cc2)nc1)C1CCN(c2ccccc2Br)C1=O. The molecule has 1 saturated heterocycles. The van der Waals surface area contributed by atoms with Crippen molar-refractivity contribution in [3.8, 4) is 11.6 Å². The van der Waals surface area contributed by atoms with Gasteiger partial charge in [0.05, 0.1) is 17.6 Å². The van der Waals surface area contributed by atoms with Gasteiger partial charge in [-0.2, -0.15) is 0 Å². The van der Waals surface area contributed by atoms with Crippen LogP contribution in [-0.2, 0) is 9.59 Å². The second-order valence-electron chi connectivity index (χ2n) is 6.71. The number of carbonyl (C=O) groups excluding carboxylic acids is 2. The molecule has 0 aliphatic carbocycles. The van der Waals surface area contributed by atoms with Gasteiger partial charge >= 0.3 is 0 Å². The lowest BCUT2D eigenvalue weighted by atomic mass is 10.1. The number of benzene rings is 2. The number of halogens is 2. The Balaban J connectivity index is 1.38. The summed E-state index contributed by atoms with van der Waals surface area (Å²) < 4.78 is 19.3. The number of amides is 2. The molecule has 2 aromatic carbocycles. The fourth-order valence-electron chi connectivity index (χ4n) is 3.20. The van der Waals surface area contributed by atoms with Gasteiger partial charge in [-0.3, -0.25) is 9.59 Å². The van der Waals surface area contributed by atoms with E-state index in [2.05, 4.69) is 26.2 Å². The first-order valence-electron chi connectivity index (χ1n) is 9.27. The number of pyridine rings is 1. The van der Waals surface area contributed by atoms with Crippen LogP contribution in [0.3, 0.4) is 0 Å². The van der Waals surface area contributed by atoms with Crippen molar-refractivity contribution in [1.82, 2.24) is 4.98 Å². The van der Waals surface area contributed by atoms with Crippen molar-refractivity contribution in [2.24, 2.45) is 5.92 Å². The number of carbonyl (C=O) groups is 2. The van der Waals surface area contributed by atoms with Crippen LogP contribution in [0.15, 0.2) is 71.3 Å². The van der Waals surface area contributed by atoms with Gasteiger partial charge in [0, 0.05) is 17.1 Å². The standard InChI is InChI=1S/C22H17BrFN3O3/c23-18-3-1-2-4-19(18)27-12-11-17(22(27)29)21(28)26-15-7-10-20(25-13-15)30-16-8-5-14(24)6-9-16/h1-10,13,17H,11-12H2,(H,26,28). The number of nitrogens with one attached hydrogen (secondary N) is 1. The molecule has 3 aromatic rings. The normalized spacial score (nSPS) is 15.9. The average molecular weight is 470 g/mol. The van der Waals surface area contributed by atoms with Crippen molar-refractivity contribution in [3.63, 3.8) is 0 Å². The molecule has 0 bridgehead atoms. The van der Waals surface area contributed by atoms with Gasteiger partial charge in [-0.25, -0.2) is 9.37 Å². The van der Waals surface area contributed by atoms with Gasteiger partial charge in [-0.15, -0.1) is 0 Å². The predicted molar refractivity (Wildman–Crippen MR) is 114 cm³/mol. The number of rotatable bonds is 5. The molecule has 1 aliphatic heterocycles. The Morgan fingerprint density at radius 3 is 2.60 bits per heavy atom. The lowest BCUT2D eigenvalue weighted by molar-refractivity contribution is -0.129. The van der Waals surface area contributed by atoms with Crippen LogP contribution in [0.4, 0.5) is 15.8 Å². The highest BCUT2D eigenvalue weighted by atomic mass is 79.9. The molecule has 4 rings (SSSR count). The maximum atomic E-state index is 13.0. The van der Waals surface area contributed by atoms with Crippen LogP contribution in [0.1, 0.15) is 6.42 Å². The molecule has 6 nitrogen and oxygen atoms in total. The lowest BCUT2D eigenvalue weighted by Crippen LogP contribution is -2.33. The lowest BCUT2D eigenvalue weighted by Gasteiger charge is -2.18. The summed E-state index contributed by atoms with van der Waals surface area (Å²) >= 11 is 3.45. The fraction of sp³-hybridized carbons (Fsp3) is 0.136. The van der Waals surface area contributed by atoms with E-state index >= 15 is 0 Å². The summed E-state index contributed by atoms with van der Waals surface area (Å²) in [6.45, 7) is 0.474. The third kappa shape index (κ3) is 4.33. The molecule has 0 radical (unpaired) electrons. The van der Waals surface area contributed by atoms with E-state index in [1.165, 1.54) is 30.5 Å². The van der Waals surface area contributed by atoms with Crippen LogP contribution in [-0.4, -0.2) is 23.3 Å². The molecule has 30 heavy (non-hydrogen) atoms. The molecule has 1 fully saturated rings. The van der Waals surface area contributed by atoms with Crippen LogP contribution in [0, 0.1) is 11.7 Å². The highest BCUT2D eigenvalue weighted by Crippen LogP contribution is 2.32. The summed E-state index contributed by atoms with van der Waals surface area (Å²) in [5.41, 5.74) is 1.21. The Morgan fingerprint density at radius 2 is 1.90 bits per heavy atom. The van der Waals surface area contributed by atoms with Crippen LogP contribution < -0.4 is 15.0 Å². The van der Waals surface area contributed by atoms with Gasteiger partial charge in [0.25, 0.3) is 0 Å². The number of ether oxygens (including phenoxy) is 1. The quantitative estimate of drug-likeness (QED) is 0.546. The monoisotopic (exact) mass is 469 g/mol. The van der Waals surface area contributed by atoms with E-state index < -0.39 is 5.92 Å². The highest BCUT2D eigenvalue weighted by Gasteiger charge is 2.38. The van der Waals surface area contributed by atoms with Gasteiger partial charge < -0.3 is 15.0 Å². The van der Waals surface area contributed by atoms with Crippen molar-refractivity contribution in [2.45, 2.75) is 6.42 Å². The van der Waals surface area contributed by atoms with Crippen molar-refractivity contribution in [3.05, 3.63) is 77.2 Å². The van der Waals surface area contributed by atoms with Crippen LogP contribution >= 0.6 is 15.9 Å². The molecular formula is C22H17BrFN3O3. The van der Waals surface area contributed by atoms with Crippen LogP contribution in [0.5, 0.6) is 11.6 Å². The number of anilines is 2. The maximum absolute atomic E-state index is 13.0. The van der Waals surface area contributed by atoms with E-state index in [9.17, 15) is 14.0 Å². The van der Waals surface area contributed by atoms with Gasteiger partial charge in [-0.05, 0) is 64.8 Å². The Labute approximate surface area is 180 Å². The summed E-state index contributed by atoms with van der Waals surface area (Å²) in [6, 6.07) is 16.2. The Morgan fingerprint density at radius 1 is 1.13 bits per heavy atom.